The van der Waals surface area contributed by atoms with Gasteiger partial charge in [-0.1, -0.05) is 54.7 Å². The van der Waals surface area contributed by atoms with Crippen LogP contribution in [0.15, 0.2) is 73.4 Å². The van der Waals surface area contributed by atoms with E-state index in [0.29, 0.717) is 23.5 Å². The van der Waals surface area contributed by atoms with Gasteiger partial charge in [0.2, 0.25) is 15.1 Å². The number of nitrogens with one attached hydrogen (secondary N) is 1. The Balaban J connectivity index is 1.70. The van der Waals surface area contributed by atoms with Crippen LogP contribution >= 0.6 is 11.3 Å². The minimum atomic E-state index is -3.88. The largest absolute Gasteiger partial charge is 0.457 e. The quantitative estimate of drug-likeness (QED) is 0.327. The van der Waals surface area contributed by atoms with E-state index in [0.717, 1.165) is 11.3 Å². The van der Waals surface area contributed by atoms with Gasteiger partial charge in [-0.3, -0.25) is 9.52 Å². The van der Waals surface area contributed by atoms with Crippen molar-refractivity contribution in [1.82, 2.24) is 4.98 Å². The summed E-state index contributed by atoms with van der Waals surface area (Å²) in [6.07, 6.45) is 3.59. The highest BCUT2D eigenvalue weighted by Gasteiger charge is 2.26. The molecule has 2 aromatic carbocycles. The Morgan fingerprint density at radius 1 is 1.16 bits per heavy atom. The fourth-order valence-electron chi connectivity index (χ4n) is 2.70. The average molecular weight is 459 g/mol. The molecule has 0 saturated carbocycles. The zero-order valence-electron chi connectivity index (χ0n) is 16.9. The van der Waals surface area contributed by atoms with Crippen molar-refractivity contribution in [2.45, 2.75) is 25.0 Å². The monoisotopic (exact) mass is 458 g/mol. The molecule has 1 heterocycles. The van der Waals surface area contributed by atoms with E-state index in [-0.39, 0.29) is 22.6 Å². The van der Waals surface area contributed by atoms with E-state index in [1.54, 1.807) is 24.3 Å². The van der Waals surface area contributed by atoms with Crippen LogP contribution in [0.5, 0.6) is 16.6 Å². The van der Waals surface area contributed by atoms with Crippen LogP contribution in [0.25, 0.3) is 0 Å². The van der Waals surface area contributed by atoms with E-state index in [9.17, 15) is 13.2 Å². The van der Waals surface area contributed by atoms with E-state index in [4.69, 9.17) is 9.47 Å². The van der Waals surface area contributed by atoms with Crippen molar-refractivity contribution < 1.29 is 22.7 Å². The summed E-state index contributed by atoms with van der Waals surface area (Å²) in [6.45, 7) is 5.53. The first-order valence-electron chi connectivity index (χ1n) is 9.55. The molecule has 1 N–H and O–H groups in total. The van der Waals surface area contributed by atoms with Crippen LogP contribution in [0, 0.1) is 0 Å². The molecule has 9 heteroatoms. The lowest BCUT2D eigenvalue weighted by atomic mass is 10.1. The second kappa shape index (κ2) is 10.2. The summed E-state index contributed by atoms with van der Waals surface area (Å²) in [5.41, 5.74) is 0.522. The average Bonchev–Trinajstić information content (AvgIpc) is 3.16. The fourth-order valence-corrected chi connectivity index (χ4v) is 4.94. The molecule has 0 fully saturated rings. The Kier molecular flexibility index (Phi) is 7.43. The molecule has 3 rings (SSSR count). The number of carbonyl (C=O) groups is 1. The summed E-state index contributed by atoms with van der Waals surface area (Å²) in [5, 5.41) is -0.669. The number of rotatable bonds is 10. The third-order valence-corrected chi connectivity index (χ3v) is 6.65. The molecule has 0 aliphatic heterocycles. The first-order valence-corrected chi connectivity index (χ1v) is 11.9. The van der Waals surface area contributed by atoms with E-state index >= 15 is 0 Å². The van der Waals surface area contributed by atoms with Gasteiger partial charge in [0, 0.05) is 6.42 Å². The lowest BCUT2D eigenvalue weighted by molar-refractivity contribution is -0.134. The molecule has 1 aromatic heterocycles. The van der Waals surface area contributed by atoms with Crippen LogP contribution in [-0.4, -0.2) is 19.4 Å². The van der Waals surface area contributed by atoms with Crippen molar-refractivity contribution in [1.29, 1.82) is 0 Å². The maximum atomic E-state index is 12.9. The van der Waals surface area contributed by atoms with Crippen LogP contribution in [-0.2, 0) is 14.8 Å². The number of nitrogens with zero attached hydrogens (tertiary/aromatic N) is 1. The summed E-state index contributed by atoms with van der Waals surface area (Å²) in [5.74, 6) is 0.882. The van der Waals surface area contributed by atoms with Gasteiger partial charge in [-0.2, -0.15) is 0 Å². The van der Waals surface area contributed by atoms with Gasteiger partial charge in [-0.25, -0.2) is 13.4 Å². The van der Waals surface area contributed by atoms with Crippen molar-refractivity contribution in [3.63, 3.8) is 0 Å². The molecule has 1 unspecified atom stereocenters. The van der Waals surface area contributed by atoms with Crippen LogP contribution in [0.1, 0.15) is 30.6 Å². The summed E-state index contributed by atoms with van der Waals surface area (Å²) >= 11 is 0.942. The number of carbonyl (C=O) groups excluding carboxylic acids is 1. The van der Waals surface area contributed by atoms with Crippen molar-refractivity contribution in [2.75, 3.05) is 4.72 Å². The maximum Gasteiger partial charge on any atom is 0.312 e. The third kappa shape index (κ3) is 6.16. The molecule has 0 amide bonds. The molecule has 3 aromatic rings. The van der Waals surface area contributed by atoms with E-state index in [1.807, 2.05) is 37.3 Å². The highest BCUT2D eigenvalue weighted by Crippen LogP contribution is 2.32. The second-order valence-corrected chi connectivity index (χ2v) is 9.29. The molecule has 0 spiro atoms. The standard InChI is InChI=1S/C22H22N2O5S2/c1-3-8-20(25)29-21-15-23-22(30-21)24-31(26,27)19(4-2)16-11-13-18(14-12-16)28-17-9-6-5-7-10-17/h4-7,9-15,19H,2-3,8H2,1H3,(H,23,24). The normalized spacial score (nSPS) is 12.0. The number of benzene rings is 2. The molecule has 0 bridgehead atoms. The van der Waals surface area contributed by atoms with Crippen molar-refractivity contribution in [3.05, 3.63) is 79.0 Å². The fraction of sp³-hybridized carbons (Fsp3) is 0.182. The molecular formula is C22H22N2O5S2. The first kappa shape index (κ1) is 22.5. The molecule has 31 heavy (non-hydrogen) atoms. The van der Waals surface area contributed by atoms with Crippen LogP contribution in [0.2, 0.25) is 0 Å². The first-order chi connectivity index (χ1) is 14.9. The number of para-hydroxylation sites is 1. The molecule has 7 nitrogen and oxygen atoms in total. The summed E-state index contributed by atoms with van der Waals surface area (Å²) < 4.78 is 39.1. The Bertz CT molecular complexity index is 1130. The van der Waals surface area contributed by atoms with Gasteiger partial charge >= 0.3 is 5.97 Å². The maximum absolute atomic E-state index is 12.9. The van der Waals surface area contributed by atoms with Gasteiger partial charge in [0.25, 0.3) is 0 Å². The minimum absolute atomic E-state index is 0.107. The van der Waals surface area contributed by atoms with E-state index < -0.39 is 15.3 Å². The topological polar surface area (TPSA) is 94.6 Å². The number of aromatic nitrogens is 1. The predicted octanol–water partition coefficient (Wildman–Crippen LogP) is 5.31. The smallest absolute Gasteiger partial charge is 0.312 e. The van der Waals surface area contributed by atoms with Gasteiger partial charge in [-0.15, -0.1) is 6.58 Å². The minimum Gasteiger partial charge on any atom is -0.457 e. The number of sulfonamides is 1. The van der Waals surface area contributed by atoms with Crippen molar-refractivity contribution >= 4 is 32.5 Å². The Morgan fingerprint density at radius 3 is 2.48 bits per heavy atom. The third-order valence-electron chi connectivity index (χ3n) is 4.12. The second-order valence-electron chi connectivity index (χ2n) is 6.50. The van der Waals surface area contributed by atoms with Crippen LogP contribution in [0.3, 0.4) is 0 Å². The molecular weight excluding hydrogens is 436 g/mol. The van der Waals surface area contributed by atoms with Crippen molar-refractivity contribution in [2.24, 2.45) is 0 Å². The molecule has 162 valence electrons. The highest BCUT2D eigenvalue weighted by atomic mass is 32.2. The lowest BCUT2D eigenvalue weighted by Crippen LogP contribution is -2.19. The number of anilines is 1. The van der Waals surface area contributed by atoms with Gasteiger partial charge in [0.15, 0.2) is 5.13 Å². The van der Waals surface area contributed by atoms with Gasteiger partial charge in [-0.05, 0) is 36.2 Å². The molecule has 1 atom stereocenters. The Hall–Kier alpha value is -3.17. The van der Waals surface area contributed by atoms with Gasteiger partial charge in [0.05, 0.1) is 6.20 Å². The Labute approximate surface area is 185 Å². The SMILES string of the molecule is C=CC(c1ccc(Oc2ccccc2)cc1)S(=O)(=O)Nc1ncc(OC(=O)CCC)s1. The highest BCUT2D eigenvalue weighted by molar-refractivity contribution is 7.93. The molecule has 0 radical (unpaired) electrons. The number of thiazole rings is 1. The Morgan fingerprint density at radius 2 is 1.84 bits per heavy atom. The molecule has 0 aliphatic rings. The number of esters is 1. The van der Waals surface area contributed by atoms with Crippen LogP contribution < -0.4 is 14.2 Å². The predicted molar refractivity (Wildman–Crippen MR) is 121 cm³/mol. The van der Waals surface area contributed by atoms with Gasteiger partial charge in [0.1, 0.15) is 16.7 Å². The number of hydrogen-bond acceptors (Lipinski definition) is 7. The summed E-state index contributed by atoms with van der Waals surface area (Å²) in [6, 6.07) is 16.0. The summed E-state index contributed by atoms with van der Waals surface area (Å²) in [7, 11) is -3.88. The van der Waals surface area contributed by atoms with E-state index in [2.05, 4.69) is 16.3 Å². The zero-order chi connectivity index (χ0) is 22.3. The molecule has 0 aliphatic carbocycles. The number of ether oxygens (including phenoxy) is 2. The molecule has 0 saturated heterocycles. The van der Waals surface area contributed by atoms with E-state index in [1.165, 1.54) is 12.3 Å². The summed E-state index contributed by atoms with van der Waals surface area (Å²) in [4.78, 5) is 15.6. The number of hydrogen-bond donors (Lipinski definition) is 1. The van der Waals surface area contributed by atoms with Crippen LogP contribution in [0.4, 0.5) is 5.13 Å². The van der Waals surface area contributed by atoms with Crippen molar-refractivity contribution in [3.8, 4) is 16.6 Å². The zero-order valence-corrected chi connectivity index (χ0v) is 18.5. The van der Waals surface area contributed by atoms with Gasteiger partial charge < -0.3 is 9.47 Å². The lowest BCUT2D eigenvalue weighted by Gasteiger charge is -2.15.